The molecule has 1 aromatic carbocycles. The van der Waals surface area contributed by atoms with E-state index in [0.29, 0.717) is 11.3 Å². The summed E-state index contributed by atoms with van der Waals surface area (Å²) in [6.07, 6.45) is 4.19. The first kappa shape index (κ1) is 16.0. The Kier molecular flexibility index (Phi) is 4.50. The summed E-state index contributed by atoms with van der Waals surface area (Å²) < 4.78 is 10.6. The lowest BCUT2D eigenvalue weighted by Gasteiger charge is -2.09. The number of amides is 1. The third kappa shape index (κ3) is 3.24. The number of hydrogen-bond donors (Lipinski definition) is 1. The van der Waals surface area contributed by atoms with Gasteiger partial charge in [0.1, 0.15) is 11.5 Å². The fourth-order valence-corrected chi connectivity index (χ4v) is 2.93. The van der Waals surface area contributed by atoms with Crippen LogP contribution in [-0.2, 0) is 0 Å². The van der Waals surface area contributed by atoms with Crippen LogP contribution in [0.1, 0.15) is 36.2 Å². The Morgan fingerprint density at radius 2 is 2.04 bits per heavy atom. The molecule has 126 valence electrons. The second kappa shape index (κ2) is 6.74. The minimum absolute atomic E-state index is 0.133. The molecular weight excluding hydrogens is 312 g/mol. The molecule has 0 spiro atoms. The molecule has 0 bridgehead atoms. The van der Waals surface area contributed by atoms with E-state index in [-0.39, 0.29) is 29.2 Å². The number of nitro benzene ring substituents is 1. The van der Waals surface area contributed by atoms with Gasteiger partial charge in [0.25, 0.3) is 11.6 Å². The first-order valence-corrected chi connectivity index (χ1v) is 7.82. The molecule has 1 aliphatic carbocycles. The summed E-state index contributed by atoms with van der Waals surface area (Å²) in [5.74, 6) is 0.531. The van der Waals surface area contributed by atoms with Crippen molar-refractivity contribution in [3.8, 4) is 17.1 Å². The van der Waals surface area contributed by atoms with Crippen molar-refractivity contribution in [3.63, 3.8) is 0 Å². The summed E-state index contributed by atoms with van der Waals surface area (Å²) in [5.41, 5.74) is 0.173. The average molecular weight is 330 g/mol. The molecular formula is C17H18N2O5. The predicted molar refractivity (Wildman–Crippen MR) is 87.1 cm³/mol. The highest BCUT2D eigenvalue weighted by molar-refractivity contribution is 5.92. The van der Waals surface area contributed by atoms with E-state index in [4.69, 9.17) is 9.15 Å². The van der Waals surface area contributed by atoms with Crippen molar-refractivity contribution in [1.82, 2.24) is 5.32 Å². The van der Waals surface area contributed by atoms with Crippen molar-refractivity contribution < 1.29 is 18.9 Å². The molecule has 1 fully saturated rings. The number of rotatable bonds is 5. The van der Waals surface area contributed by atoms with Crippen molar-refractivity contribution in [1.29, 1.82) is 0 Å². The van der Waals surface area contributed by atoms with E-state index < -0.39 is 4.92 Å². The highest BCUT2D eigenvalue weighted by Crippen LogP contribution is 2.34. The van der Waals surface area contributed by atoms with Gasteiger partial charge >= 0.3 is 0 Å². The maximum atomic E-state index is 12.2. The molecule has 1 saturated carbocycles. The van der Waals surface area contributed by atoms with Gasteiger partial charge in [-0.1, -0.05) is 12.8 Å². The molecule has 0 atom stereocenters. The number of ether oxygens (including phenoxy) is 1. The third-order valence-corrected chi connectivity index (χ3v) is 4.19. The zero-order valence-electron chi connectivity index (χ0n) is 13.3. The van der Waals surface area contributed by atoms with Gasteiger partial charge in [0.15, 0.2) is 5.76 Å². The zero-order valence-corrected chi connectivity index (χ0v) is 13.3. The minimum Gasteiger partial charge on any atom is -0.497 e. The van der Waals surface area contributed by atoms with Crippen LogP contribution in [0.4, 0.5) is 5.69 Å². The van der Waals surface area contributed by atoms with Crippen molar-refractivity contribution >= 4 is 11.6 Å². The molecule has 1 amide bonds. The highest BCUT2D eigenvalue weighted by Gasteiger charge is 2.23. The predicted octanol–water partition coefficient (Wildman–Crippen LogP) is 3.54. The molecule has 0 unspecified atom stereocenters. The number of carbonyl (C=O) groups is 1. The van der Waals surface area contributed by atoms with Crippen molar-refractivity contribution in [2.45, 2.75) is 31.7 Å². The van der Waals surface area contributed by atoms with Crippen LogP contribution in [0.25, 0.3) is 11.3 Å². The van der Waals surface area contributed by atoms with E-state index in [1.165, 1.54) is 19.2 Å². The lowest BCUT2D eigenvalue weighted by atomic mass is 10.1. The minimum atomic E-state index is -0.501. The highest BCUT2D eigenvalue weighted by atomic mass is 16.6. The topological polar surface area (TPSA) is 94.6 Å². The Morgan fingerprint density at radius 1 is 1.29 bits per heavy atom. The monoisotopic (exact) mass is 330 g/mol. The van der Waals surface area contributed by atoms with Crippen LogP contribution in [0.15, 0.2) is 34.7 Å². The summed E-state index contributed by atoms with van der Waals surface area (Å²) in [6, 6.07) is 7.78. The van der Waals surface area contributed by atoms with E-state index in [0.717, 1.165) is 25.7 Å². The molecule has 2 aromatic rings. The van der Waals surface area contributed by atoms with Crippen molar-refractivity contribution in [3.05, 3.63) is 46.2 Å². The molecule has 1 aromatic heterocycles. The number of benzene rings is 1. The summed E-state index contributed by atoms with van der Waals surface area (Å²) in [5, 5.41) is 14.2. The molecule has 7 heteroatoms. The third-order valence-electron chi connectivity index (χ3n) is 4.19. The van der Waals surface area contributed by atoms with Crippen molar-refractivity contribution in [2.24, 2.45) is 0 Å². The smallest absolute Gasteiger partial charge is 0.287 e. The van der Waals surface area contributed by atoms with Gasteiger partial charge in [0.2, 0.25) is 0 Å². The van der Waals surface area contributed by atoms with Crippen LogP contribution in [0.3, 0.4) is 0 Å². The summed E-state index contributed by atoms with van der Waals surface area (Å²) in [6.45, 7) is 0. The number of nitrogens with one attached hydrogen (secondary N) is 1. The molecule has 0 saturated heterocycles. The van der Waals surface area contributed by atoms with E-state index in [1.54, 1.807) is 18.2 Å². The Balaban J connectivity index is 1.84. The molecule has 0 aliphatic heterocycles. The number of methoxy groups -OCH3 is 1. The number of furan rings is 1. The summed E-state index contributed by atoms with van der Waals surface area (Å²) in [7, 11) is 1.44. The van der Waals surface area contributed by atoms with Crippen LogP contribution < -0.4 is 10.1 Å². The fourth-order valence-electron chi connectivity index (χ4n) is 2.93. The van der Waals surface area contributed by atoms with E-state index in [1.807, 2.05) is 0 Å². The van der Waals surface area contributed by atoms with Crippen LogP contribution in [0, 0.1) is 10.1 Å². The standard InChI is InChI=1S/C17H18N2O5/c1-23-12-6-7-13(14(10-12)19(21)22)15-8-9-16(24-15)17(20)18-11-4-2-3-5-11/h6-11H,2-5H2,1H3,(H,18,20). The largest absolute Gasteiger partial charge is 0.497 e. The van der Waals surface area contributed by atoms with Gasteiger partial charge in [-0.2, -0.15) is 0 Å². The van der Waals surface area contributed by atoms with Gasteiger partial charge in [-0.3, -0.25) is 14.9 Å². The van der Waals surface area contributed by atoms with Crippen LogP contribution in [0.5, 0.6) is 5.75 Å². The van der Waals surface area contributed by atoms with Crippen LogP contribution >= 0.6 is 0 Å². The fraction of sp³-hybridized carbons (Fsp3) is 0.353. The van der Waals surface area contributed by atoms with E-state index in [2.05, 4.69) is 5.32 Å². The zero-order chi connectivity index (χ0) is 17.1. The molecule has 1 heterocycles. The van der Waals surface area contributed by atoms with Crippen LogP contribution in [-0.4, -0.2) is 24.0 Å². The lowest BCUT2D eigenvalue weighted by Crippen LogP contribution is -2.32. The summed E-state index contributed by atoms with van der Waals surface area (Å²) in [4.78, 5) is 23.0. The number of nitro groups is 1. The van der Waals surface area contributed by atoms with Gasteiger partial charge in [0.05, 0.1) is 23.7 Å². The SMILES string of the molecule is COc1ccc(-c2ccc(C(=O)NC3CCCC3)o2)c([N+](=O)[O-])c1. The lowest BCUT2D eigenvalue weighted by molar-refractivity contribution is -0.384. The molecule has 1 N–H and O–H groups in total. The second-order valence-corrected chi connectivity index (χ2v) is 5.76. The number of nitrogens with zero attached hydrogens (tertiary/aromatic N) is 1. The van der Waals surface area contributed by atoms with Gasteiger partial charge in [-0.05, 0) is 37.1 Å². The Morgan fingerprint density at radius 3 is 2.71 bits per heavy atom. The normalized spacial score (nSPS) is 14.5. The first-order chi connectivity index (χ1) is 11.6. The van der Waals surface area contributed by atoms with E-state index in [9.17, 15) is 14.9 Å². The molecule has 24 heavy (non-hydrogen) atoms. The van der Waals surface area contributed by atoms with Crippen molar-refractivity contribution in [2.75, 3.05) is 7.11 Å². The molecule has 1 aliphatic rings. The molecule has 0 radical (unpaired) electrons. The second-order valence-electron chi connectivity index (χ2n) is 5.76. The summed E-state index contributed by atoms with van der Waals surface area (Å²) >= 11 is 0. The number of carbonyl (C=O) groups excluding carboxylic acids is 1. The van der Waals surface area contributed by atoms with E-state index >= 15 is 0 Å². The molecule has 7 nitrogen and oxygen atoms in total. The van der Waals surface area contributed by atoms with Gasteiger partial charge in [0, 0.05) is 6.04 Å². The maximum absolute atomic E-state index is 12.2. The Bertz CT molecular complexity index is 762. The quantitative estimate of drug-likeness (QED) is 0.668. The van der Waals surface area contributed by atoms with Gasteiger partial charge < -0.3 is 14.5 Å². The van der Waals surface area contributed by atoms with Gasteiger partial charge in [-0.25, -0.2) is 0 Å². The Hall–Kier alpha value is -2.83. The average Bonchev–Trinajstić information content (AvgIpc) is 3.25. The van der Waals surface area contributed by atoms with Crippen LogP contribution in [0.2, 0.25) is 0 Å². The number of hydrogen-bond acceptors (Lipinski definition) is 5. The first-order valence-electron chi connectivity index (χ1n) is 7.82. The maximum Gasteiger partial charge on any atom is 0.287 e. The Labute approximate surface area is 138 Å². The van der Waals surface area contributed by atoms with Gasteiger partial charge in [-0.15, -0.1) is 0 Å². The molecule has 3 rings (SSSR count).